The zero-order valence-electron chi connectivity index (χ0n) is 10.5. The largest absolute Gasteiger partial charge is 0.355 e. The van der Waals surface area contributed by atoms with Crippen molar-refractivity contribution in [3.05, 3.63) is 0 Å². The molecule has 1 aliphatic carbocycles. The average molecular weight is 227 g/mol. The first-order valence-electron chi connectivity index (χ1n) is 6.35. The topological polar surface area (TPSA) is 58.4 Å². The molecule has 4 heteroatoms. The van der Waals surface area contributed by atoms with Crippen molar-refractivity contribution < 1.29 is 4.79 Å². The van der Waals surface area contributed by atoms with Gasteiger partial charge in [0.15, 0.2) is 0 Å². The molecule has 0 aromatic carbocycles. The number of carbonyl (C=O) groups is 1. The molecule has 1 amide bonds. The first kappa shape index (κ1) is 13.5. The van der Waals surface area contributed by atoms with E-state index < -0.39 is 0 Å². The quantitative estimate of drug-likeness (QED) is 0.722. The molecule has 2 atom stereocenters. The van der Waals surface area contributed by atoms with E-state index in [2.05, 4.69) is 24.2 Å². The fourth-order valence-electron chi connectivity index (χ4n) is 2.14. The molecule has 0 bridgehead atoms. The Hall–Kier alpha value is -0.610. The predicted molar refractivity (Wildman–Crippen MR) is 66.1 cm³/mol. The number of hydrogen-bond donors (Lipinski definition) is 2. The summed E-state index contributed by atoms with van der Waals surface area (Å²) >= 11 is 0. The minimum Gasteiger partial charge on any atom is -0.355 e. The molecular formula is C12H25N3O. The van der Waals surface area contributed by atoms with Crippen molar-refractivity contribution in [2.75, 3.05) is 26.7 Å². The van der Waals surface area contributed by atoms with E-state index in [9.17, 15) is 4.79 Å². The zero-order chi connectivity index (χ0) is 12.0. The van der Waals surface area contributed by atoms with E-state index in [-0.39, 0.29) is 17.9 Å². The number of amides is 1. The summed E-state index contributed by atoms with van der Waals surface area (Å²) < 4.78 is 0. The van der Waals surface area contributed by atoms with Crippen LogP contribution in [-0.2, 0) is 4.79 Å². The van der Waals surface area contributed by atoms with E-state index in [0.29, 0.717) is 0 Å². The molecule has 16 heavy (non-hydrogen) atoms. The third-order valence-electron chi connectivity index (χ3n) is 3.42. The second kappa shape index (κ2) is 6.86. The number of carbonyl (C=O) groups excluding carboxylic acids is 1. The summed E-state index contributed by atoms with van der Waals surface area (Å²) in [5.74, 6) is 0.343. The van der Waals surface area contributed by atoms with E-state index in [4.69, 9.17) is 5.73 Å². The number of nitrogens with zero attached hydrogens (tertiary/aromatic N) is 1. The zero-order valence-corrected chi connectivity index (χ0v) is 10.5. The third kappa shape index (κ3) is 4.49. The Labute approximate surface area is 98.6 Å². The van der Waals surface area contributed by atoms with Crippen LogP contribution < -0.4 is 11.1 Å². The third-order valence-corrected chi connectivity index (χ3v) is 3.42. The van der Waals surface area contributed by atoms with Crippen LogP contribution >= 0.6 is 0 Å². The van der Waals surface area contributed by atoms with Gasteiger partial charge in [0.05, 0.1) is 0 Å². The Morgan fingerprint density at radius 1 is 1.50 bits per heavy atom. The van der Waals surface area contributed by atoms with Crippen LogP contribution in [0.4, 0.5) is 0 Å². The maximum Gasteiger partial charge on any atom is 0.223 e. The number of nitrogens with one attached hydrogen (secondary N) is 1. The van der Waals surface area contributed by atoms with Crippen LogP contribution in [0.25, 0.3) is 0 Å². The highest BCUT2D eigenvalue weighted by atomic mass is 16.1. The van der Waals surface area contributed by atoms with Crippen molar-refractivity contribution in [2.45, 2.75) is 38.6 Å². The summed E-state index contributed by atoms with van der Waals surface area (Å²) in [6.07, 6.45) is 4.02. The normalized spacial score (nSPS) is 25.8. The van der Waals surface area contributed by atoms with Crippen molar-refractivity contribution in [3.8, 4) is 0 Å². The molecule has 0 spiro atoms. The van der Waals surface area contributed by atoms with E-state index in [1.165, 1.54) is 0 Å². The Balaban J connectivity index is 2.19. The van der Waals surface area contributed by atoms with Crippen molar-refractivity contribution in [1.82, 2.24) is 10.2 Å². The Morgan fingerprint density at radius 2 is 2.25 bits per heavy atom. The van der Waals surface area contributed by atoms with Gasteiger partial charge in [-0.3, -0.25) is 4.79 Å². The van der Waals surface area contributed by atoms with E-state index in [0.717, 1.165) is 45.3 Å². The lowest BCUT2D eigenvalue weighted by Gasteiger charge is -2.26. The Morgan fingerprint density at radius 3 is 2.88 bits per heavy atom. The van der Waals surface area contributed by atoms with Gasteiger partial charge in [0.1, 0.15) is 0 Å². The summed E-state index contributed by atoms with van der Waals surface area (Å²) in [5, 5.41) is 3.00. The van der Waals surface area contributed by atoms with E-state index in [1.807, 2.05) is 0 Å². The first-order valence-corrected chi connectivity index (χ1v) is 6.35. The van der Waals surface area contributed by atoms with Gasteiger partial charge in [-0.1, -0.05) is 13.3 Å². The monoisotopic (exact) mass is 227 g/mol. The van der Waals surface area contributed by atoms with Crippen molar-refractivity contribution in [1.29, 1.82) is 0 Å². The molecule has 3 N–H and O–H groups in total. The summed E-state index contributed by atoms with van der Waals surface area (Å²) in [6.45, 7) is 4.79. The van der Waals surface area contributed by atoms with E-state index in [1.54, 1.807) is 0 Å². The number of likely N-dealkylation sites (N-methyl/N-ethyl adjacent to an activating group) is 1. The second-order valence-electron chi connectivity index (χ2n) is 4.81. The molecule has 0 aliphatic heterocycles. The maximum atomic E-state index is 11.8. The van der Waals surface area contributed by atoms with Crippen LogP contribution in [0.3, 0.4) is 0 Å². The minimum absolute atomic E-state index is 0.149. The molecule has 94 valence electrons. The number of hydrogen-bond acceptors (Lipinski definition) is 3. The lowest BCUT2D eigenvalue weighted by Crippen LogP contribution is -2.40. The van der Waals surface area contributed by atoms with Crippen molar-refractivity contribution >= 4 is 5.91 Å². The summed E-state index contributed by atoms with van der Waals surface area (Å²) in [4.78, 5) is 14.0. The summed E-state index contributed by atoms with van der Waals surface area (Å²) in [5.41, 5.74) is 5.87. The highest BCUT2D eigenvalue weighted by molar-refractivity contribution is 5.78. The van der Waals surface area contributed by atoms with Crippen LogP contribution in [0.1, 0.15) is 32.6 Å². The fraction of sp³-hybridized carbons (Fsp3) is 0.917. The van der Waals surface area contributed by atoms with Gasteiger partial charge < -0.3 is 16.0 Å². The molecular weight excluding hydrogens is 202 g/mol. The van der Waals surface area contributed by atoms with Gasteiger partial charge in [-0.2, -0.15) is 0 Å². The van der Waals surface area contributed by atoms with Crippen molar-refractivity contribution in [3.63, 3.8) is 0 Å². The van der Waals surface area contributed by atoms with Crippen molar-refractivity contribution in [2.24, 2.45) is 11.7 Å². The Bertz CT molecular complexity index is 220. The highest BCUT2D eigenvalue weighted by Gasteiger charge is 2.24. The first-order chi connectivity index (χ1) is 7.63. The summed E-state index contributed by atoms with van der Waals surface area (Å²) in [6, 6.07) is 0.225. The van der Waals surface area contributed by atoms with Crippen LogP contribution in [0.15, 0.2) is 0 Å². The molecule has 0 heterocycles. The molecule has 1 fully saturated rings. The van der Waals surface area contributed by atoms with Gasteiger partial charge in [0, 0.05) is 25.0 Å². The molecule has 4 nitrogen and oxygen atoms in total. The molecule has 1 aliphatic rings. The maximum absolute atomic E-state index is 11.8. The van der Waals surface area contributed by atoms with Crippen LogP contribution in [0, 0.1) is 5.92 Å². The van der Waals surface area contributed by atoms with Gasteiger partial charge in [0.2, 0.25) is 5.91 Å². The molecule has 0 radical (unpaired) electrons. The van der Waals surface area contributed by atoms with Crippen LogP contribution in [0.5, 0.6) is 0 Å². The lowest BCUT2D eigenvalue weighted by atomic mass is 9.85. The van der Waals surface area contributed by atoms with Crippen LogP contribution in [-0.4, -0.2) is 43.5 Å². The smallest absolute Gasteiger partial charge is 0.223 e. The molecule has 1 saturated carbocycles. The number of rotatable bonds is 5. The number of nitrogens with two attached hydrogens (primary N) is 1. The van der Waals surface area contributed by atoms with Gasteiger partial charge >= 0.3 is 0 Å². The van der Waals surface area contributed by atoms with E-state index >= 15 is 0 Å². The molecule has 2 unspecified atom stereocenters. The highest BCUT2D eigenvalue weighted by Crippen LogP contribution is 2.22. The minimum atomic E-state index is 0.149. The predicted octanol–water partition coefficient (Wildman–Crippen LogP) is 0.572. The van der Waals surface area contributed by atoms with Gasteiger partial charge in [0.25, 0.3) is 0 Å². The standard InChI is InChI=1S/C12H25N3O/c1-3-15(2)8-7-14-12(16)10-5-4-6-11(13)9-10/h10-11H,3-9,13H2,1-2H3,(H,14,16). The second-order valence-corrected chi connectivity index (χ2v) is 4.81. The SMILES string of the molecule is CCN(C)CCNC(=O)C1CCCC(N)C1. The van der Waals surface area contributed by atoms with Gasteiger partial charge in [-0.15, -0.1) is 0 Å². The van der Waals surface area contributed by atoms with Crippen LogP contribution in [0.2, 0.25) is 0 Å². The molecule has 0 aromatic rings. The molecule has 0 saturated heterocycles. The van der Waals surface area contributed by atoms with Gasteiger partial charge in [-0.05, 0) is 32.9 Å². The average Bonchev–Trinajstić information content (AvgIpc) is 2.28. The molecule has 0 aromatic heterocycles. The molecule has 1 rings (SSSR count). The lowest BCUT2D eigenvalue weighted by molar-refractivity contribution is -0.126. The fourth-order valence-corrected chi connectivity index (χ4v) is 2.14. The summed E-state index contributed by atoms with van der Waals surface area (Å²) in [7, 11) is 2.06. The van der Waals surface area contributed by atoms with Gasteiger partial charge in [-0.25, -0.2) is 0 Å². The Kier molecular flexibility index (Phi) is 5.77.